The average Bonchev–Trinajstić information content (AvgIpc) is 2.54. The molecule has 0 aliphatic heterocycles. The highest BCUT2D eigenvalue weighted by molar-refractivity contribution is 5.90. The van der Waals surface area contributed by atoms with Gasteiger partial charge in [-0.25, -0.2) is 0 Å². The minimum atomic E-state index is -0.928. The zero-order valence-corrected chi connectivity index (χ0v) is 17.9. The van der Waals surface area contributed by atoms with Gasteiger partial charge in [-0.3, -0.25) is 9.59 Å². The number of hydrogen-bond donors (Lipinski definition) is 3. The van der Waals surface area contributed by atoms with Gasteiger partial charge in [0, 0.05) is 12.0 Å². The van der Waals surface area contributed by atoms with Crippen LogP contribution in [0.15, 0.2) is 0 Å². The summed E-state index contributed by atoms with van der Waals surface area (Å²) < 4.78 is 0. The Morgan fingerprint density at radius 3 is 2.12 bits per heavy atom. The molecule has 0 spiro atoms. The van der Waals surface area contributed by atoms with Crippen LogP contribution in [-0.2, 0) is 9.59 Å². The number of carbonyl (C=O) groups is 2. The first-order chi connectivity index (χ1) is 12.1. The van der Waals surface area contributed by atoms with Crippen LogP contribution in [0.3, 0.4) is 0 Å². The Morgan fingerprint density at radius 2 is 1.58 bits per heavy atom. The molecule has 0 unspecified atom stereocenters. The van der Waals surface area contributed by atoms with Crippen molar-refractivity contribution in [2.45, 2.75) is 105 Å². The monoisotopic (exact) mass is 370 g/mol. The summed E-state index contributed by atoms with van der Waals surface area (Å²) >= 11 is 0. The van der Waals surface area contributed by atoms with Crippen LogP contribution in [0.2, 0.25) is 0 Å². The van der Waals surface area contributed by atoms with E-state index in [0.29, 0.717) is 12.5 Å². The summed E-state index contributed by atoms with van der Waals surface area (Å²) in [5.74, 6) is 0.00600. The maximum atomic E-state index is 12.6. The average molecular weight is 371 g/mol. The third kappa shape index (κ3) is 10.8. The normalized spacial score (nSPS) is 14.2. The van der Waals surface area contributed by atoms with E-state index in [-0.39, 0.29) is 11.8 Å². The summed E-state index contributed by atoms with van der Waals surface area (Å²) in [4.78, 5) is 24.9. The molecule has 0 aliphatic carbocycles. The fourth-order valence-corrected chi connectivity index (χ4v) is 2.80. The minimum Gasteiger partial charge on any atom is -0.391 e. The van der Waals surface area contributed by atoms with E-state index in [2.05, 4.69) is 31.4 Å². The summed E-state index contributed by atoms with van der Waals surface area (Å²) in [5, 5.41) is 15.5. The molecule has 0 saturated carbocycles. The van der Waals surface area contributed by atoms with Gasteiger partial charge >= 0.3 is 0 Å². The van der Waals surface area contributed by atoms with Crippen LogP contribution in [0, 0.1) is 11.3 Å². The van der Waals surface area contributed by atoms with Crippen LogP contribution in [0.4, 0.5) is 0 Å². The predicted octanol–water partition coefficient (Wildman–Crippen LogP) is 3.79. The van der Waals surface area contributed by atoms with Gasteiger partial charge in [0.1, 0.15) is 6.04 Å². The molecule has 0 fully saturated rings. The molecule has 0 saturated heterocycles. The van der Waals surface area contributed by atoms with E-state index in [1.807, 2.05) is 13.8 Å². The third-order valence-electron chi connectivity index (χ3n) is 4.84. The first-order valence-electron chi connectivity index (χ1n) is 10.4. The largest absolute Gasteiger partial charge is 0.391 e. The van der Waals surface area contributed by atoms with E-state index >= 15 is 0 Å². The van der Waals surface area contributed by atoms with Crippen LogP contribution in [-0.4, -0.2) is 35.6 Å². The molecular weight excluding hydrogens is 328 g/mol. The molecule has 0 bridgehead atoms. The standard InChI is InChI=1S/C21H42N2O3/c1-7-8-9-10-11-12-14-21(5,6)20(26)23-18(17(4)24)19(25)22-15-13-16(2)3/h16-18,24H,7-15H2,1-6H3,(H,22,25)(H,23,26)/t17-,18+/m1/s1. The minimum absolute atomic E-state index is 0.170. The lowest BCUT2D eigenvalue weighted by Gasteiger charge is -2.28. The van der Waals surface area contributed by atoms with Crippen molar-refractivity contribution in [1.82, 2.24) is 10.6 Å². The second-order valence-corrected chi connectivity index (χ2v) is 8.57. The molecule has 2 amide bonds. The maximum absolute atomic E-state index is 12.6. The van der Waals surface area contributed by atoms with Crippen molar-refractivity contribution in [3.05, 3.63) is 0 Å². The number of carbonyl (C=O) groups excluding carboxylic acids is 2. The Hall–Kier alpha value is -1.10. The second kappa shape index (κ2) is 13.1. The summed E-state index contributed by atoms with van der Waals surface area (Å²) in [7, 11) is 0. The molecule has 5 heteroatoms. The lowest BCUT2D eigenvalue weighted by atomic mass is 9.85. The summed E-state index contributed by atoms with van der Waals surface area (Å²) in [6, 6.07) is -0.904. The van der Waals surface area contributed by atoms with Gasteiger partial charge in [0.2, 0.25) is 11.8 Å². The zero-order chi connectivity index (χ0) is 20.2. The summed E-state index contributed by atoms with van der Waals surface area (Å²) in [6.45, 7) is 12.3. The number of aliphatic hydroxyl groups excluding tert-OH is 1. The van der Waals surface area contributed by atoms with Gasteiger partial charge in [-0.2, -0.15) is 0 Å². The fraction of sp³-hybridized carbons (Fsp3) is 0.905. The summed E-state index contributed by atoms with van der Waals surface area (Å²) in [6.07, 6.45) is 7.82. The van der Waals surface area contributed by atoms with Crippen molar-refractivity contribution >= 4 is 11.8 Å². The first kappa shape index (κ1) is 24.9. The Kier molecular flexibility index (Phi) is 12.6. The predicted molar refractivity (Wildman–Crippen MR) is 108 cm³/mol. The molecule has 154 valence electrons. The van der Waals surface area contributed by atoms with E-state index in [4.69, 9.17) is 0 Å². The van der Waals surface area contributed by atoms with Crippen molar-refractivity contribution < 1.29 is 14.7 Å². The topological polar surface area (TPSA) is 78.4 Å². The Morgan fingerprint density at radius 1 is 1.00 bits per heavy atom. The maximum Gasteiger partial charge on any atom is 0.245 e. The molecule has 5 nitrogen and oxygen atoms in total. The van der Waals surface area contributed by atoms with Gasteiger partial charge in [0.15, 0.2) is 0 Å². The van der Waals surface area contributed by atoms with Gasteiger partial charge in [-0.05, 0) is 25.7 Å². The molecule has 26 heavy (non-hydrogen) atoms. The Bertz CT molecular complexity index is 406. The third-order valence-corrected chi connectivity index (χ3v) is 4.84. The van der Waals surface area contributed by atoms with E-state index in [1.54, 1.807) is 0 Å². The van der Waals surface area contributed by atoms with Crippen molar-refractivity contribution in [3.63, 3.8) is 0 Å². The van der Waals surface area contributed by atoms with E-state index < -0.39 is 17.6 Å². The van der Waals surface area contributed by atoms with Crippen LogP contribution in [0.25, 0.3) is 0 Å². The van der Waals surface area contributed by atoms with E-state index in [9.17, 15) is 14.7 Å². The molecule has 2 atom stereocenters. The van der Waals surface area contributed by atoms with Crippen molar-refractivity contribution in [3.8, 4) is 0 Å². The highest BCUT2D eigenvalue weighted by atomic mass is 16.3. The van der Waals surface area contributed by atoms with Gasteiger partial charge < -0.3 is 15.7 Å². The molecule has 0 radical (unpaired) electrons. The van der Waals surface area contributed by atoms with Crippen LogP contribution < -0.4 is 10.6 Å². The van der Waals surface area contributed by atoms with Crippen LogP contribution >= 0.6 is 0 Å². The fourth-order valence-electron chi connectivity index (χ4n) is 2.80. The molecular formula is C21H42N2O3. The lowest BCUT2D eigenvalue weighted by molar-refractivity contribution is -0.136. The Balaban J connectivity index is 4.46. The first-order valence-corrected chi connectivity index (χ1v) is 10.4. The molecule has 3 N–H and O–H groups in total. The number of unbranched alkanes of at least 4 members (excludes halogenated alkanes) is 5. The number of aliphatic hydroxyl groups is 1. The number of amides is 2. The second-order valence-electron chi connectivity index (χ2n) is 8.57. The van der Waals surface area contributed by atoms with Crippen LogP contribution in [0.5, 0.6) is 0 Å². The van der Waals surface area contributed by atoms with Crippen molar-refractivity contribution in [2.75, 3.05) is 6.54 Å². The lowest BCUT2D eigenvalue weighted by Crippen LogP contribution is -2.55. The molecule has 0 aromatic heterocycles. The van der Waals surface area contributed by atoms with Gasteiger partial charge in [0.25, 0.3) is 0 Å². The highest BCUT2D eigenvalue weighted by Crippen LogP contribution is 2.25. The quantitative estimate of drug-likeness (QED) is 0.407. The smallest absolute Gasteiger partial charge is 0.245 e. The molecule has 0 heterocycles. The SMILES string of the molecule is CCCCCCCCC(C)(C)C(=O)N[C@H](C(=O)NCCC(C)C)[C@@H](C)O. The van der Waals surface area contributed by atoms with Crippen molar-refractivity contribution in [1.29, 1.82) is 0 Å². The molecule has 0 aromatic rings. The van der Waals surface area contributed by atoms with Gasteiger partial charge in [0.05, 0.1) is 6.10 Å². The van der Waals surface area contributed by atoms with Gasteiger partial charge in [-0.1, -0.05) is 73.1 Å². The number of rotatable bonds is 14. The zero-order valence-electron chi connectivity index (χ0n) is 17.9. The molecule has 0 rings (SSSR count). The molecule has 0 aliphatic rings. The van der Waals surface area contributed by atoms with E-state index in [1.165, 1.54) is 32.6 Å². The highest BCUT2D eigenvalue weighted by Gasteiger charge is 2.32. The van der Waals surface area contributed by atoms with Crippen molar-refractivity contribution in [2.24, 2.45) is 11.3 Å². The molecule has 0 aromatic carbocycles. The number of hydrogen-bond acceptors (Lipinski definition) is 3. The van der Waals surface area contributed by atoms with Crippen LogP contribution in [0.1, 0.15) is 92.9 Å². The Labute approximate surface area is 160 Å². The van der Waals surface area contributed by atoms with Gasteiger partial charge in [-0.15, -0.1) is 0 Å². The van der Waals surface area contributed by atoms with E-state index in [0.717, 1.165) is 25.7 Å². The number of nitrogens with one attached hydrogen (secondary N) is 2. The summed E-state index contributed by atoms with van der Waals surface area (Å²) in [5.41, 5.74) is -0.546.